The van der Waals surface area contributed by atoms with E-state index in [0.717, 1.165) is 0 Å². The van der Waals surface area contributed by atoms with Gasteiger partial charge < -0.3 is 14.8 Å². The first-order valence-electron chi connectivity index (χ1n) is 4.70. The van der Waals surface area contributed by atoms with Crippen molar-refractivity contribution in [2.24, 2.45) is 0 Å². The molecule has 0 aliphatic heterocycles. The summed E-state index contributed by atoms with van der Waals surface area (Å²) in [5, 5.41) is 11.7. The van der Waals surface area contributed by atoms with Crippen molar-refractivity contribution in [3.05, 3.63) is 16.3 Å². The van der Waals surface area contributed by atoms with E-state index in [4.69, 9.17) is 15.9 Å². The van der Waals surface area contributed by atoms with Crippen LogP contribution in [-0.4, -0.2) is 16.6 Å². The number of terminal acetylenes is 1. The van der Waals surface area contributed by atoms with Gasteiger partial charge in [-0.25, -0.2) is 4.79 Å². The molecule has 16 heavy (non-hydrogen) atoms. The minimum atomic E-state index is -1.12. The fraction of sp³-hybridized carbons (Fsp3) is 0.364. The van der Waals surface area contributed by atoms with Crippen molar-refractivity contribution in [2.45, 2.75) is 25.8 Å². The average molecular weight is 286 g/mol. The van der Waals surface area contributed by atoms with Crippen molar-refractivity contribution < 1.29 is 14.3 Å². The van der Waals surface area contributed by atoms with Crippen LogP contribution in [0, 0.1) is 12.3 Å². The third kappa shape index (κ3) is 2.58. The van der Waals surface area contributed by atoms with Crippen LogP contribution in [0.15, 0.2) is 15.0 Å². The molecule has 4 nitrogen and oxygen atoms in total. The summed E-state index contributed by atoms with van der Waals surface area (Å²) in [6.07, 6.45) is 6.09. The smallest absolute Gasteiger partial charge is 0.371 e. The van der Waals surface area contributed by atoms with Gasteiger partial charge in [0.25, 0.3) is 0 Å². The van der Waals surface area contributed by atoms with E-state index in [-0.39, 0.29) is 5.76 Å². The van der Waals surface area contributed by atoms with Crippen molar-refractivity contribution in [3.63, 3.8) is 0 Å². The number of carboxylic acid groups (broad SMARTS) is 1. The van der Waals surface area contributed by atoms with Crippen LogP contribution in [0.5, 0.6) is 0 Å². The van der Waals surface area contributed by atoms with Gasteiger partial charge in [-0.2, -0.15) is 0 Å². The molecule has 0 radical (unpaired) electrons. The Morgan fingerprint density at radius 3 is 2.81 bits per heavy atom. The second-order valence-corrected chi connectivity index (χ2v) is 4.40. The summed E-state index contributed by atoms with van der Waals surface area (Å²) in [6, 6.07) is 1.39. The highest BCUT2D eigenvalue weighted by atomic mass is 79.9. The Labute approximate surface area is 102 Å². The lowest BCUT2D eigenvalue weighted by molar-refractivity contribution is 0.0663. The molecule has 1 atom stereocenters. The van der Waals surface area contributed by atoms with E-state index in [9.17, 15) is 4.79 Å². The lowest BCUT2D eigenvalue weighted by atomic mass is 10.0. The highest BCUT2D eigenvalue weighted by Gasteiger charge is 2.23. The molecule has 0 aliphatic carbocycles. The van der Waals surface area contributed by atoms with Gasteiger partial charge in [-0.05, 0) is 29.3 Å². The van der Waals surface area contributed by atoms with Crippen molar-refractivity contribution in [1.82, 2.24) is 0 Å². The number of carboxylic acids is 1. The molecule has 2 N–H and O–H groups in total. The summed E-state index contributed by atoms with van der Waals surface area (Å²) < 4.78 is 5.66. The maximum absolute atomic E-state index is 10.7. The summed E-state index contributed by atoms with van der Waals surface area (Å²) in [6.45, 7) is 3.77. The molecule has 0 saturated heterocycles. The maximum Gasteiger partial charge on any atom is 0.371 e. The van der Waals surface area contributed by atoms with Crippen molar-refractivity contribution in [2.75, 3.05) is 5.32 Å². The van der Waals surface area contributed by atoms with E-state index >= 15 is 0 Å². The lowest BCUT2D eigenvalue weighted by Gasteiger charge is -2.23. The van der Waals surface area contributed by atoms with Gasteiger partial charge in [0, 0.05) is 6.07 Å². The largest absolute Gasteiger partial charge is 0.475 e. The van der Waals surface area contributed by atoms with Gasteiger partial charge in [-0.15, -0.1) is 6.42 Å². The van der Waals surface area contributed by atoms with E-state index in [1.54, 1.807) is 0 Å². The van der Waals surface area contributed by atoms with Crippen LogP contribution in [0.3, 0.4) is 0 Å². The molecular formula is C11H12BrNO3. The predicted octanol–water partition coefficient (Wildman–Crippen LogP) is 2.95. The molecule has 0 saturated carbocycles. The summed E-state index contributed by atoms with van der Waals surface area (Å²) >= 11 is 3.21. The molecule has 86 valence electrons. The molecule has 0 aromatic carbocycles. The zero-order valence-electron chi connectivity index (χ0n) is 9.00. The summed E-state index contributed by atoms with van der Waals surface area (Å²) in [7, 11) is 0. The Kier molecular flexibility index (Phi) is 3.66. The number of nitrogens with one attached hydrogen (secondary N) is 1. The normalized spacial score (nSPS) is 13.9. The first kappa shape index (κ1) is 12.7. The fourth-order valence-corrected chi connectivity index (χ4v) is 1.42. The topological polar surface area (TPSA) is 62.5 Å². The Bertz CT molecular complexity index is 447. The molecule has 1 unspecified atom stereocenters. The van der Waals surface area contributed by atoms with E-state index in [2.05, 4.69) is 27.2 Å². The minimum Gasteiger partial charge on any atom is -0.475 e. The quantitative estimate of drug-likeness (QED) is 0.835. The highest BCUT2D eigenvalue weighted by Crippen LogP contribution is 2.29. The number of aromatic carboxylic acids is 1. The van der Waals surface area contributed by atoms with E-state index in [1.807, 2.05) is 13.8 Å². The standard InChI is InChI=1S/C11H12BrNO3/c1-4-11(3,5-2)13-9-7(12)6-8(16-9)10(14)15/h1,6,13H,5H2,2-3H3,(H,14,15). The van der Waals surface area contributed by atoms with E-state index < -0.39 is 11.5 Å². The number of anilines is 1. The maximum atomic E-state index is 10.7. The number of carbonyl (C=O) groups is 1. The molecule has 0 spiro atoms. The molecule has 1 aromatic heterocycles. The SMILES string of the molecule is C#CC(C)(CC)Nc1oc(C(=O)O)cc1Br. The number of hydrogen-bond donors (Lipinski definition) is 2. The van der Waals surface area contributed by atoms with Gasteiger partial charge in [0.2, 0.25) is 11.6 Å². The van der Waals surface area contributed by atoms with Gasteiger partial charge in [-0.1, -0.05) is 12.8 Å². The first-order chi connectivity index (χ1) is 7.41. The Morgan fingerprint density at radius 2 is 2.44 bits per heavy atom. The molecule has 1 rings (SSSR count). The Hall–Kier alpha value is -1.41. The van der Waals surface area contributed by atoms with Crippen LogP contribution >= 0.6 is 15.9 Å². The highest BCUT2D eigenvalue weighted by molar-refractivity contribution is 9.10. The molecule has 5 heteroatoms. The fourth-order valence-electron chi connectivity index (χ4n) is 1.04. The number of hydrogen-bond acceptors (Lipinski definition) is 3. The molecule has 1 aromatic rings. The van der Waals surface area contributed by atoms with Crippen LogP contribution < -0.4 is 5.32 Å². The van der Waals surface area contributed by atoms with Gasteiger partial charge in [0.05, 0.1) is 10.0 Å². The molecule has 0 bridgehead atoms. The lowest BCUT2D eigenvalue weighted by Crippen LogP contribution is -2.31. The van der Waals surface area contributed by atoms with Crippen molar-refractivity contribution >= 4 is 27.8 Å². The molecule has 0 fully saturated rings. The number of furan rings is 1. The molecule has 0 amide bonds. The average Bonchev–Trinajstić information content (AvgIpc) is 2.60. The monoisotopic (exact) mass is 285 g/mol. The first-order valence-corrected chi connectivity index (χ1v) is 5.49. The zero-order valence-corrected chi connectivity index (χ0v) is 10.6. The Balaban J connectivity index is 2.98. The number of halogens is 1. The van der Waals surface area contributed by atoms with Crippen LogP contribution in [0.2, 0.25) is 0 Å². The molecule has 0 aliphatic rings. The van der Waals surface area contributed by atoms with Gasteiger partial charge >= 0.3 is 5.97 Å². The van der Waals surface area contributed by atoms with Gasteiger partial charge in [0.15, 0.2) is 0 Å². The van der Waals surface area contributed by atoms with Gasteiger partial charge in [0.1, 0.15) is 0 Å². The van der Waals surface area contributed by atoms with Crippen LogP contribution in [-0.2, 0) is 0 Å². The summed E-state index contributed by atoms with van der Waals surface area (Å²) in [5.41, 5.74) is -0.559. The van der Waals surface area contributed by atoms with Crippen LogP contribution in [0.4, 0.5) is 5.88 Å². The van der Waals surface area contributed by atoms with Crippen LogP contribution in [0.1, 0.15) is 30.8 Å². The number of rotatable bonds is 4. The zero-order chi connectivity index (χ0) is 12.3. The summed E-state index contributed by atoms with van der Waals surface area (Å²) in [4.78, 5) is 10.7. The third-order valence-corrected chi connectivity index (χ3v) is 2.90. The second kappa shape index (κ2) is 4.62. The van der Waals surface area contributed by atoms with Crippen molar-refractivity contribution in [1.29, 1.82) is 0 Å². The van der Waals surface area contributed by atoms with E-state index in [1.165, 1.54) is 6.07 Å². The van der Waals surface area contributed by atoms with E-state index in [0.29, 0.717) is 16.8 Å². The molecular weight excluding hydrogens is 274 g/mol. The third-order valence-electron chi connectivity index (χ3n) is 2.31. The predicted molar refractivity (Wildman–Crippen MR) is 64.5 cm³/mol. The molecule has 1 heterocycles. The second-order valence-electron chi connectivity index (χ2n) is 3.55. The van der Waals surface area contributed by atoms with Crippen LogP contribution in [0.25, 0.3) is 0 Å². The summed E-state index contributed by atoms with van der Waals surface area (Å²) in [5.74, 6) is 1.68. The van der Waals surface area contributed by atoms with Gasteiger partial charge in [-0.3, -0.25) is 0 Å². The van der Waals surface area contributed by atoms with Crippen molar-refractivity contribution in [3.8, 4) is 12.3 Å². The Morgan fingerprint density at radius 1 is 1.81 bits per heavy atom. The minimum absolute atomic E-state index is 0.134.